The number of amides is 3. The first-order valence-electron chi connectivity index (χ1n) is 12.7. The standard InChI is InChI=1S/C32H29N3O3/c1-22-10-5-6-13-26(22)31(37)33-25-19-17-24(18-20-25)32(38)35-21-9-15-28(27-14-7-8-16-29(27)35)34-30(36)23-11-3-2-4-12-23/h2-8,10-14,16-20,28H,9,15,21H2,1H3,(H,33,37)(H,34,36). The van der Waals surface area contributed by atoms with Crippen LogP contribution in [0.15, 0.2) is 103 Å². The predicted molar refractivity (Wildman–Crippen MR) is 150 cm³/mol. The minimum Gasteiger partial charge on any atom is -0.345 e. The van der Waals surface area contributed by atoms with Crippen molar-refractivity contribution in [3.63, 3.8) is 0 Å². The van der Waals surface area contributed by atoms with Crippen molar-refractivity contribution in [2.24, 2.45) is 0 Å². The molecule has 5 rings (SSSR count). The number of anilines is 2. The van der Waals surface area contributed by atoms with Gasteiger partial charge >= 0.3 is 0 Å². The second-order valence-corrected chi connectivity index (χ2v) is 9.40. The molecule has 0 saturated heterocycles. The first-order chi connectivity index (χ1) is 18.5. The van der Waals surface area contributed by atoms with Crippen LogP contribution in [-0.2, 0) is 0 Å². The lowest BCUT2D eigenvalue weighted by Crippen LogP contribution is -2.32. The van der Waals surface area contributed by atoms with E-state index in [0.29, 0.717) is 28.9 Å². The number of carbonyl (C=O) groups excluding carboxylic acids is 3. The molecule has 6 nitrogen and oxygen atoms in total. The summed E-state index contributed by atoms with van der Waals surface area (Å²) in [7, 11) is 0. The summed E-state index contributed by atoms with van der Waals surface area (Å²) in [5.74, 6) is -0.440. The summed E-state index contributed by atoms with van der Waals surface area (Å²) < 4.78 is 0. The highest BCUT2D eigenvalue weighted by Crippen LogP contribution is 2.34. The van der Waals surface area contributed by atoms with Gasteiger partial charge in [0.15, 0.2) is 0 Å². The van der Waals surface area contributed by atoms with Crippen molar-refractivity contribution in [2.45, 2.75) is 25.8 Å². The molecule has 0 aromatic heterocycles. The zero-order chi connectivity index (χ0) is 26.5. The van der Waals surface area contributed by atoms with Gasteiger partial charge < -0.3 is 15.5 Å². The van der Waals surface area contributed by atoms with Crippen molar-refractivity contribution in [1.29, 1.82) is 0 Å². The number of aryl methyl sites for hydroxylation is 1. The van der Waals surface area contributed by atoms with E-state index >= 15 is 0 Å². The molecule has 38 heavy (non-hydrogen) atoms. The Morgan fingerprint density at radius 1 is 0.737 bits per heavy atom. The van der Waals surface area contributed by atoms with Crippen LogP contribution in [0.5, 0.6) is 0 Å². The molecule has 0 aliphatic carbocycles. The SMILES string of the molecule is Cc1ccccc1C(=O)Nc1ccc(C(=O)N2CCCC(NC(=O)c3ccccc3)c3ccccc32)cc1. The average molecular weight is 504 g/mol. The number of para-hydroxylation sites is 1. The molecule has 6 heteroatoms. The van der Waals surface area contributed by atoms with Gasteiger partial charge in [-0.2, -0.15) is 0 Å². The van der Waals surface area contributed by atoms with Gasteiger partial charge in [-0.15, -0.1) is 0 Å². The van der Waals surface area contributed by atoms with Gasteiger partial charge in [0.05, 0.1) is 6.04 Å². The molecule has 0 radical (unpaired) electrons. The van der Waals surface area contributed by atoms with Crippen molar-refractivity contribution < 1.29 is 14.4 Å². The second-order valence-electron chi connectivity index (χ2n) is 9.40. The van der Waals surface area contributed by atoms with Gasteiger partial charge in [0, 0.05) is 34.6 Å². The largest absolute Gasteiger partial charge is 0.345 e. The van der Waals surface area contributed by atoms with Crippen molar-refractivity contribution in [1.82, 2.24) is 5.32 Å². The van der Waals surface area contributed by atoms with Crippen molar-refractivity contribution in [3.05, 3.63) is 131 Å². The quantitative estimate of drug-likeness (QED) is 0.342. The molecule has 1 aliphatic rings. The maximum absolute atomic E-state index is 13.6. The highest BCUT2D eigenvalue weighted by Gasteiger charge is 2.28. The van der Waals surface area contributed by atoms with Crippen molar-refractivity contribution in [2.75, 3.05) is 16.8 Å². The number of benzene rings is 4. The normalized spacial score (nSPS) is 14.7. The minimum absolute atomic E-state index is 0.121. The Kier molecular flexibility index (Phi) is 7.31. The minimum atomic E-state index is -0.198. The Labute approximate surface area is 222 Å². The molecule has 1 unspecified atom stereocenters. The van der Waals surface area contributed by atoms with E-state index < -0.39 is 0 Å². The molecule has 0 bridgehead atoms. The van der Waals surface area contributed by atoms with Gasteiger partial charge in [0.2, 0.25) is 0 Å². The maximum atomic E-state index is 13.6. The Morgan fingerprint density at radius 2 is 1.42 bits per heavy atom. The molecule has 4 aromatic rings. The zero-order valence-corrected chi connectivity index (χ0v) is 21.2. The summed E-state index contributed by atoms with van der Waals surface area (Å²) in [5, 5.41) is 6.06. The Bertz CT molecular complexity index is 1470. The molecule has 1 atom stereocenters. The maximum Gasteiger partial charge on any atom is 0.258 e. The third-order valence-corrected chi connectivity index (χ3v) is 6.84. The van der Waals surface area contributed by atoms with Gasteiger partial charge in [0.25, 0.3) is 17.7 Å². The van der Waals surface area contributed by atoms with Crippen LogP contribution < -0.4 is 15.5 Å². The number of carbonyl (C=O) groups is 3. The molecule has 2 N–H and O–H groups in total. The van der Waals surface area contributed by atoms with Crippen LogP contribution in [0, 0.1) is 6.92 Å². The number of fused-ring (bicyclic) bond motifs is 1. The topological polar surface area (TPSA) is 78.5 Å². The van der Waals surface area contributed by atoms with Crippen LogP contribution in [0.1, 0.15) is 61.1 Å². The number of rotatable bonds is 5. The van der Waals surface area contributed by atoms with Crippen molar-refractivity contribution >= 4 is 29.1 Å². The lowest BCUT2D eigenvalue weighted by Gasteiger charge is -2.24. The van der Waals surface area contributed by atoms with Gasteiger partial charge in [-0.3, -0.25) is 14.4 Å². The zero-order valence-electron chi connectivity index (χ0n) is 21.2. The Hall–Kier alpha value is -4.71. The molecule has 4 aromatic carbocycles. The smallest absolute Gasteiger partial charge is 0.258 e. The van der Waals surface area contributed by atoms with Gasteiger partial charge in [-0.25, -0.2) is 0 Å². The van der Waals surface area contributed by atoms with Crippen LogP contribution in [0.2, 0.25) is 0 Å². The number of hydrogen-bond acceptors (Lipinski definition) is 3. The third-order valence-electron chi connectivity index (χ3n) is 6.84. The van der Waals surface area contributed by atoms with E-state index in [2.05, 4.69) is 10.6 Å². The van der Waals surface area contributed by atoms with E-state index in [1.54, 1.807) is 47.4 Å². The summed E-state index contributed by atoms with van der Waals surface area (Å²) in [6, 6.07) is 31.1. The van der Waals surface area contributed by atoms with Crippen LogP contribution in [-0.4, -0.2) is 24.3 Å². The first-order valence-corrected chi connectivity index (χ1v) is 12.7. The molecule has 0 spiro atoms. The van der Waals surface area contributed by atoms with E-state index in [1.807, 2.05) is 67.6 Å². The highest BCUT2D eigenvalue weighted by molar-refractivity contribution is 6.08. The van der Waals surface area contributed by atoms with E-state index in [4.69, 9.17) is 0 Å². The molecule has 0 fully saturated rings. The molecule has 1 aliphatic heterocycles. The third kappa shape index (κ3) is 5.34. The number of nitrogens with zero attached hydrogens (tertiary/aromatic N) is 1. The van der Waals surface area contributed by atoms with Crippen molar-refractivity contribution in [3.8, 4) is 0 Å². The van der Waals surface area contributed by atoms with Crippen LogP contribution >= 0.6 is 0 Å². The number of nitrogens with one attached hydrogen (secondary N) is 2. The molecular weight excluding hydrogens is 474 g/mol. The second kappa shape index (κ2) is 11.1. The summed E-state index contributed by atoms with van der Waals surface area (Å²) in [6.45, 7) is 2.44. The summed E-state index contributed by atoms with van der Waals surface area (Å²) in [6.07, 6.45) is 1.47. The van der Waals surface area contributed by atoms with Crippen LogP contribution in [0.25, 0.3) is 0 Å². The van der Waals surface area contributed by atoms with Gasteiger partial charge in [0.1, 0.15) is 0 Å². The lowest BCUT2D eigenvalue weighted by molar-refractivity contribution is 0.0932. The fourth-order valence-electron chi connectivity index (χ4n) is 4.83. The van der Waals surface area contributed by atoms with Crippen LogP contribution in [0.3, 0.4) is 0 Å². The monoisotopic (exact) mass is 503 g/mol. The molecule has 1 heterocycles. The molecule has 3 amide bonds. The summed E-state index contributed by atoms with van der Waals surface area (Å²) in [4.78, 5) is 40.9. The predicted octanol–water partition coefficient (Wildman–Crippen LogP) is 6.16. The van der Waals surface area contributed by atoms with Crippen LogP contribution in [0.4, 0.5) is 11.4 Å². The Balaban J connectivity index is 1.33. The van der Waals surface area contributed by atoms with Gasteiger partial charge in [-0.1, -0.05) is 54.6 Å². The fraction of sp³-hybridized carbons (Fsp3) is 0.156. The highest BCUT2D eigenvalue weighted by atomic mass is 16.2. The lowest BCUT2D eigenvalue weighted by atomic mass is 10.0. The van der Waals surface area contributed by atoms with E-state index in [1.165, 1.54) is 0 Å². The first kappa shape index (κ1) is 25.0. The fourth-order valence-corrected chi connectivity index (χ4v) is 4.83. The molecular formula is C32H29N3O3. The summed E-state index contributed by atoms with van der Waals surface area (Å²) in [5.41, 5.74) is 4.99. The number of hydrogen-bond donors (Lipinski definition) is 2. The molecule has 0 saturated carbocycles. The van der Waals surface area contributed by atoms with E-state index in [-0.39, 0.29) is 23.8 Å². The average Bonchev–Trinajstić information content (AvgIpc) is 3.13. The van der Waals surface area contributed by atoms with Gasteiger partial charge in [-0.05, 0) is 79.4 Å². The van der Waals surface area contributed by atoms with E-state index in [9.17, 15) is 14.4 Å². The summed E-state index contributed by atoms with van der Waals surface area (Å²) >= 11 is 0. The van der Waals surface area contributed by atoms with E-state index in [0.717, 1.165) is 29.7 Å². The molecule has 190 valence electrons. The Morgan fingerprint density at radius 3 is 2.18 bits per heavy atom.